The Balaban J connectivity index is 1.51. The molecule has 3 aromatic carbocycles. The molecule has 0 atom stereocenters. The number of benzene rings is 3. The molecular weight excluding hydrogens is 517 g/mol. The average Bonchev–Trinajstić information content (AvgIpc) is 3.35. The van der Waals surface area contributed by atoms with Crippen LogP contribution in [0.5, 0.6) is 11.5 Å². The number of rotatable bonds is 6. The van der Waals surface area contributed by atoms with Gasteiger partial charge in [-0.3, -0.25) is 10.1 Å². The maximum atomic E-state index is 13.4. The number of hydrogen-bond donors (Lipinski definition) is 1. The van der Waals surface area contributed by atoms with Crippen LogP contribution in [0.1, 0.15) is 10.4 Å². The van der Waals surface area contributed by atoms with Gasteiger partial charge in [0.05, 0.1) is 41.7 Å². The van der Waals surface area contributed by atoms with Gasteiger partial charge in [0.1, 0.15) is 0 Å². The number of nitrogens with zero attached hydrogens (tertiary/aromatic N) is 2. The molecular formula is C27H19Cl2N3O3S. The van der Waals surface area contributed by atoms with Gasteiger partial charge in [0, 0.05) is 26.9 Å². The van der Waals surface area contributed by atoms with Crippen molar-refractivity contribution in [3.8, 4) is 34.0 Å². The maximum Gasteiger partial charge on any atom is 0.258 e. The summed E-state index contributed by atoms with van der Waals surface area (Å²) < 4.78 is 10.8. The first-order chi connectivity index (χ1) is 17.5. The first-order valence-corrected chi connectivity index (χ1v) is 12.4. The second-order valence-corrected chi connectivity index (χ2v) is 9.46. The number of ether oxygens (including phenoxy) is 2. The first-order valence-electron chi connectivity index (χ1n) is 10.8. The predicted octanol–water partition coefficient (Wildman–Crippen LogP) is 7.60. The minimum absolute atomic E-state index is 0.293. The third-order valence-corrected chi connectivity index (χ3v) is 6.88. The van der Waals surface area contributed by atoms with Crippen LogP contribution in [0.4, 0.5) is 5.13 Å². The Bertz CT molecular complexity index is 1600. The molecule has 0 aliphatic heterocycles. The third kappa shape index (κ3) is 4.73. The van der Waals surface area contributed by atoms with Crippen LogP contribution in [0.25, 0.3) is 33.4 Å². The molecule has 0 radical (unpaired) electrons. The molecule has 2 aromatic heterocycles. The van der Waals surface area contributed by atoms with Crippen LogP contribution in [0, 0.1) is 0 Å². The van der Waals surface area contributed by atoms with Gasteiger partial charge < -0.3 is 9.47 Å². The molecule has 2 heterocycles. The van der Waals surface area contributed by atoms with Crippen molar-refractivity contribution in [1.29, 1.82) is 0 Å². The number of carbonyl (C=O) groups is 1. The van der Waals surface area contributed by atoms with Crippen molar-refractivity contribution in [2.75, 3.05) is 19.5 Å². The molecule has 0 saturated carbocycles. The largest absolute Gasteiger partial charge is 0.493 e. The van der Waals surface area contributed by atoms with Crippen molar-refractivity contribution in [3.63, 3.8) is 0 Å². The molecule has 6 nitrogen and oxygen atoms in total. The Morgan fingerprint density at radius 1 is 0.889 bits per heavy atom. The van der Waals surface area contributed by atoms with Gasteiger partial charge in [0.25, 0.3) is 5.91 Å². The Morgan fingerprint density at radius 2 is 1.69 bits per heavy atom. The number of halogens is 2. The first kappa shape index (κ1) is 24.1. The van der Waals surface area contributed by atoms with Crippen molar-refractivity contribution in [3.05, 3.63) is 87.7 Å². The molecule has 9 heteroatoms. The summed E-state index contributed by atoms with van der Waals surface area (Å²) in [6, 6.07) is 20.0. The smallest absolute Gasteiger partial charge is 0.258 e. The van der Waals surface area contributed by atoms with Crippen molar-refractivity contribution in [2.45, 2.75) is 0 Å². The topological polar surface area (TPSA) is 73.3 Å². The lowest BCUT2D eigenvalue weighted by Crippen LogP contribution is -2.13. The highest BCUT2D eigenvalue weighted by molar-refractivity contribution is 7.14. The number of nitrogens with one attached hydrogen (secondary N) is 1. The zero-order valence-electron chi connectivity index (χ0n) is 19.2. The van der Waals surface area contributed by atoms with Crippen LogP contribution in [0.15, 0.2) is 72.1 Å². The van der Waals surface area contributed by atoms with E-state index in [0.717, 1.165) is 16.5 Å². The summed E-state index contributed by atoms with van der Waals surface area (Å²) in [6.07, 6.45) is 0. The summed E-state index contributed by atoms with van der Waals surface area (Å²) in [5.74, 6) is 0.894. The molecule has 1 N–H and O–H groups in total. The Morgan fingerprint density at radius 3 is 2.47 bits per heavy atom. The van der Waals surface area contributed by atoms with Gasteiger partial charge in [-0.25, -0.2) is 9.97 Å². The van der Waals surface area contributed by atoms with E-state index in [1.807, 2.05) is 47.8 Å². The number of methoxy groups -OCH3 is 2. The van der Waals surface area contributed by atoms with Crippen LogP contribution in [0.3, 0.4) is 0 Å². The molecule has 1 amide bonds. The van der Waals surface area contributed by atoms with E-state index in [9.17, 15) is 4.79 Å². The molecule has 0 unspecified atom stereocenters. The molecule has 0 aliphatic rings. The highest BCUT2D eigenvalue weighted by atomic mass is 35.5. The normalized spacial score (nSPS) is 10.9. The standard InChI is InChI=1S/C27H19Cl2N3O3S/c1-34-24-10-7-15(11-25(24)35-2)22-13-19(17-5-3-4-6-21(17)30-22)26(33)32-27-31-23(14-36-27)18-9-8-16(28)12-20(18)29/h3-14H,1-2H3,(H,31,32,33). The monoisotopic (exact) mass is 535 g/mol. The number of thiazole rings is 1. The van der Waals surface area contributed by atoms with Crippen LogP contribution < -0.4 is 14.8 Å². The predicted molar refractivity (Wildman–Crippen MR) is 146 cm³/mol. The minimum Gasteiger partial charge on any atom is -0.493 e. The molecule has 5 rings (SSSR count). The number of aromatic nitrogens is 2. The SMILES string of the molecule is COc1ccc(-c2cc(C(=O)Nc3nc(-c4ccc(Cl)cc4Cl)cs3)c3ccccc3n2)cc1OC. The lowest BCUT2D eigenvalue weighted by atomic mass is 10.0. The van der Waals surface area contributed by atoms with E-state index in [1.54, 1.807) is 38.5 Å². The van der Waals surface area contributed by atoms with Crippen molar-refractivity contribution in [2.24, 2.45) is 0 Å². The summed E-state index contributed by atoms with van der Waals surface area (Å²) in [5.41, 5.74) is 3.99. The third-order valence-electron chi connectivity index (χ3n) is 5.57. The van der Waals surface area contributed by atoms with Gasteiger partial charge >= 0.3 is 0 Å². The lowest BCUT2D eigenvalue weighted by Gasteiger charge is -2.12. The zero-order valence-corrected chi connectivity index (χ0v) is 21.5. The van der Waals surface area contributed by atoms with Gasteiger partial charge in [-0.2, -0.15) is 0 Å². The second-order valence-electron chi connectivity index (χ2n) is 7.76. The molecule has 0 bridgehead atoms. The van der Waals surface area contributed by atoms with Crippen LogP contribution in [-0.4, -0.2) is 30.1 Å². The summed E-state index contributed by atoms with van der Waals surface area (Å²) in [6.45, 7) is 0. The van der Waals surface area contributed by atoms with Gasteiger partial charge in [0.2, 0.25) is 0 Å². The Hall–Kier alpha value is -3.65. The summed E-state index contributed by atoms with van der Waals surface area (Å²) >= 11 is 13.6. The van der Waals surface area contributed by atoms with Crippen molar-refractivity contribution in [1.82, 2.24) is 9.97 Å². The van der Waals surface area contributed by atoms with Crippen LogP contribution in [-0.2, 0) is 0 Å². The second kappa shape index (κ2) is 10.1. The van der Waals surface area contributed by atoms with E-state index in [2.05, 4.69) is 10.3 Å². The van der Waals surface area contributed by atoms with E-state index < -0.39 is 0 Å². The minimum atomic E-state index is -0.293. The van der Waals surface area contributed by atoms with E-state index in [4.69, 9.17) is 37.7 Å². The van der Waals surface area contributed by atoms with Crippen molar-refractivity contribution < 1.29 is 14.3 Å². The molecule has 0 spiro atoms. The number of hydrogen-bond acceptors (Lipinski definition) is 6. The summed E-state index contributed by atoms with van der Waals surface area (Å²) in [7, 11) is 3.16. The lowest BCUT2D eigenvalue weighted by molar-refractivity contribution is 0.102. The number of anilines is 1. The molecule has 0 saturated heterocycles. The van der Waals surface area contributed by atoms with Gasteiger partial charge in [-0.05, 0) is 48.5 Å². The number of para-hydroxylation sites is 1. The van der Waals surface area contributed by atoms with Gasteiger partial charge in [-0.15, -0.1) is 11.3 Å². The number of fused-ring (bicyclic) bond motifs is 1. The van der Waals surface area contributed by atoms with E-state index in [1.165, 1.54) is 11.3 Å². The fraction of sp³-hybridized carbons (Fsp3) is 0.0741. The maximum absolute atomic E-state index is 13.4. The van der Waals surface area contributed by atoms with E-state index in [0.29, 0.717) is 49.1 Å². The van der Waals surface area contributed by atoms with Gasteiger partial charge in [0.15, 0.2) is 16.6 Å². The van der Waals surface area contributed by atoms with Crippen LogP contribution in [0.2, 0.25) is 10.0 Å². The van der Waals surface area contributed by atoms with E-state index >= 15 is 0 Å². The molecule has 180 valence electrons. The average molecular weight is 536 g/mol. The number of pyridine rings is 1. The number of carbonyl (C=O) groups excluding carboxylic acids is 1. The Labute approximate surface area is 221 Å². The van der Waals surface area contributed by atoms with E-state index in [-0.39, 0.29) is 5.91 Å². The number of amides is 1. The van der Waals surface area contributed by atoms with Crippen molar-refractivity contribution >= 4 is 56.5 Å². The quantitative estimate of drug-likeness (QED) is 0.242. The highest BCUT2D eigenvalue weighted by Crippen LogP contribution is 2.35. The molecule has 36 heavy (non-hydrogen) atoms. The Kier molecular flexibility index (Phi) is 6.78. The van der Waals surface area contributed by atoms with Gasteiger partial charge in [-0.1, -0.05) is 41.4 Å². The molecule has 0 aliphatic carbocycles. The fourth-order valence-corrected chi connectivity index (χ4v) is 5.03. The molecule has 0 fully saturated rings. The summed E-state index contributed by atoms with van der Waals surface area (Å²) in [4.78, 5) is 22.8. The zero-order chi connectivity index (χ0) is 25.2. The highest BCUT2D eigenvalue weighted by Gasteiger charge is 2.17. The fourth-order valence-electron chi connectivity index (χ4n) is 3.82. The molecule has 5 aromatic rings. The van der Waals surface area contributed by atoms with Crippen LogP contribution >= 0.6 is 34.5 Å². The summed E-state index contributed by atoms with van der Waals surface area (Å²) in [5, 5.41) is 6.98.